The van der Waals surface area contributed by atoms with Crippen molar-refractivity contribution in [1.82, 2.24) is 5.32 Å². The first-order chi connectivity index (χ1) is 6.74. The van der Waals surface area contributed by atoms with Crippen LogP contribution in [0.5, 0.6) is 0 Å². The van der Waals surface area contributed by atoms with Crippen LogP contribution in [0.25, 0.3) is 0 Å². The van der Waals surface area contributed by atoms with E-state index in [4.69, 9.17) is 6.92 Å². The molecule has 1 aliphatic carbocycles. The average molecular weight is 195 g/mol. The number of aldehydes is 1. The van der Waals surface area contributed by atoms with Gasteiger partial charge < -0.3 is 10.1 Å². The molecular formula is C11H17NO2. The van der Waals surface area contributed by atoms with Crippen molar-refractivity contribution in [2.45, 2.75) is 32.1 Å². The molecule has 0 bridgehead atoms. The van der Waals surface area contributed by atoms with Crippen LogP contribution in [0.4, 0.5) is 0 Å². The molecule has 0 aromatic rings. The second-order valence-electron chi connectivity index (χ2n) is 3.88. The van der Waals surface area contributed by atoms with Gasteiger partial charge in [0.2, 0.25) is 5.91 Å². The lowest BCUT2D eigenvalue weighted by Gasteiger charge is -2.21. The van der Waals surface area contributed by atoms with Crippen LogP contribution in [0.3, 0.4) is 0 Å². The molecule has 1 fully saturated rings. The standard InChI is InChI=1S/C11H17NO2/c1-9(8-13)7-12-11(14)10-5-3-2-4-6-10/h1,8-10H,2-7H2,(H,12,14)/t9-/m0/s1. The van der Waals surface area contributed by atoms with Gasteiger partial charge in [-0.2, -0.15) is 0 Å². The van der Waals surface area contributed by atoms with Crippen LogP contribution in [0.15, 0.2) is 0 Å². The Kier molecular flexibility index (Phi) is 4.63. The van der Waals surface area contributed by atoms with Gasteiger partial charge >= 0.3 is 0 Å². The van der Waals surface area contributed by atoms with E-state index in [1.807, 2.05) is 0 Å². The molecule has 14 heavy (non-hydrogen) atoms. The van der Waals surface area contributed by atoms with E-state index in [2.05, 4.69) is 5.32 Å². The Morgan fingerprint density at radius 2 is 2.07 bits per heavy atom. The van der Waals surface area contributed by atoms with E-state index in [9.17, 15) is 9.59 Å². The van der Waals surface area contributed by atoms with Crippen molar-refractivity contribution in [3.63, 3.8) is 0 Å². The van der Waals surface area contributed by atoms with Crippen molar-refractivity contribution >= 4 is 12.2 Å². The van der Waals surface area contributed by atoms with E-state index in [0.717, 1.165) is 25.7 Å². The van der Waals surface area contributed by atoms with Gasteiger partial charge in [-0.25, -0.2) is 0 Å². The predicted octanol–water partition coefficient (Wildman–Crippen LogP) is 1.21. The summed E-state index contributed by atoms with van der Waals surface area (Å²) in [7, 11) is 0. The molecule has 1 N–H and O–H groups in total. The number of hydrogen-bond donors (Lipinski definition) is 1. The molecule has 0 unspecified atom stereocenters. The van der Waals surface area contributed by atoms with Gasteiger partial charge in [0.25, 0.3) is 0 Å². The van der Waals surface area contributed by atoms with Gasteiger partial charge in [0, 0.05) is 18.4 Å². The van der Waals surface area contributed by atoms with Crippen LogP contribution in [0, 0.1) is 18.8 Å². The van der Waals surface area contributed by atoms with Crippen LogP contribution in [0.1, 0.15) is 32.1 Å². The number of amides is 1. The zero-order chi connectivity index (χ0) is 10.4. The molecule has 0 aromatic heterocycles. The second-order valence-corrected chi connectivity index (χ2v) is 3.88. The Balaban J connectivity index is 2.22. The number of carbonyl (C=O) groups excluding carboxylic acids is 2. The molecule has 0 aromatic carbocycles. The number of hydrogen-bond acceptors (Lipinski definition) is 2. The second kappa shape index (κ2) is 5.78. The van der Waals surface area contributed by atoms with Gasteiger partial charge in [0.15, 0.2) is 0 Å². The first-order valence-corrected chi connectivity index (χ1v) is 5.22. The Bertz CT molecular complexity index is 197. The molecule has 1 atom stereocenters. The summed E-state index contributed by atoms with van der Waals surface area (Å²) in [5.74, 6) is -0.368. The SMILES string of the molecule is [CH][C@H](C=O)CNC(=O)C1CCCCC1. The van der Waals surface area contributed by atoms with Gasteiger partial charge in [0.1, 0.15) is 6.29 Å². The highest BCUT2D eigenvalue weighted by Crippen LogP contribution is 2.23. The summed E-state index contributed by atoms with van der Waals surface area (Å²) < 4.78 is 0. The highest BCUT2D eigenvalue weighted by atomic mass is 16.2. The summed E-state index contributed by atoms with van der Waals surface area (Å²) in [5.41, 5.74) is 0. The maximum absolute atomic E-state index is 11.5. The molecule has 1 aliphatic rings. The van der Waals surface area contributed by atoms with Crippen molar-refractivity contribution in [2.24, 2.45) is 11.8 Å². The molecule has 1 rings (SSSR count). The summed E-state index contributed by atoms with van der Waals surface area (Å²) in [6.07, 6.45) is 6.11. The quantitative estimate of drug-likeness (QED) is 0.685. The maximum atomic E-state index is 11.5. The third-order valence-electron chi connectivity index (χ3n) is 2.66. The molecule has 0 saturated heterocycles. The lowest BCUT2D eigenvalue weighted by Crippen LogP contribution is -2.35. The number of rotatable bonds is 4. The molecule has 3 nitrogen and oxygen atoms in total. The fourth-order valence-electron chi connectivity index (χ4n) is 1.78. The van der Waals surface area contributed by atoms with Crippen molar-refractivity contribution in [3.05, 3.63) is 6.92 Å². The molecule has 2 radical (unpaired) electrons. The molecule has 1 saturated carbocycles. The minimum absolute atomic E-state index is 0.0574. The van der Waals surface area contributed by atoms with Crippen LogP contribution < -0.4 is 5.32 Å². The zero-order valence-corrected chi connectivity index (χ0v) is 8.37. The fraction of sp³-hybridized carbons (Fsp3) is 0.727. The molecule has 0 aliphatic heterocycles. The van der Waals surface area contributed by atoms with Crippen LogP contribution in [-0.4, -0.2) is 18.7 Å². The Hall–Kier alpha value is -0.860. The van der Waals surface area contributed by atoms with Gasteiger partial charge in [-0.05, 0) is 19.8 Å². The van der Waals surface area contributed by atoms with Gasteiger partial charge in [-0.3, -0.25) is 4.79 Å². The van der Waals surface area contributed by atoms with Crippen molar-refractivity contribution < 1.29 is 9.59 Å². The molecule has 0 spiro atoms. The minimum atomic E-state index is -0.567. The molecule has 1 amide bonds. The number of nitrogens with one attached hydrogen (secondary N) is 1. The largest absolute Gasteiger partial charge is 0.355 e. The van der Waals surface area contributed by atoms with Crippen molar-refractivity contribution in [2.75, 3.05) is 6.54 Å². The monoisotopic (exact) mass is 195 g/mol. The molecule has 78 valence electrons. The van der Waals surface area contributed by atoms with E-state index in [1.165, 1.54) is 6.42 Å². The normalized spacial score (nSPS) is 20.1. The molecule has 0 heterocycles. The van der Waals surface area contributed by atoms with Crippen molar-refractivity contribution in [1.29, 1.82) is 0 Å². The van der Waals surface area contributed by atoms with Crippen LogP contribution >= 0.6 is 0 Å². The minimum Gasteiger partial charge on any atom is -0.355 e. The van der Waals surface area contributed by atoms with Gasteiger partial charge in [-0.15, -0.1) is 0 Å². The summed E-state index contributed by atoms with van der Waals surface area (Å²) >= 11 is 0. The van der Waals surface area contributed by atoms with E-state index in [0.29, 0.717) is 6.29 Å². The summed E-state index contributed by atoms with van der Waals surface area (Å²) in [5, 5.41) is 2.71. The third kappa shape index (κ3) is 3.48. The Morgan fingerprint density at radius 3 is 2.64 bits per heavy atom. The van der Waals surface area contributed by atoms with E-state index in [-0.39, 0.29) is 18.4 Å². The highest BCUT2D eigenvalue weighted by Gasteiger charge is 2.20. The summed E-state index contributed by atoms with van der Waals surface area (Å²) in [6, 6.07) is 0. The smallest absolute Gasteiger partial charge is 0.223 e. The van der Waals surface area contributed by atoms with Crippen LogP contribution in [0.2, 0.25) is 0 Å². The lowest BCUT2D eigenvalue weighted by molar-refractivity contribution is -0.126. The average Bonchev–Trinajstić information content (AvgIpc) is 2.26. The van der Waals surface area contributed by atoms with Crippen LogP contribution in [-0.2, 0) is 9.59 Å². The fourth-order valence-corrected chi connectivity index (χ4v) is 1.78. The summed E-state index contributed by atoms with van der Waals surface area (Å²) in [4.78, 5) is 21.8. The van der Waals surface area contributed by atoms with E-state index < -0.39 is 5.92 Å². The Morgan fingerprint density at radius 1 is 1.43 bits per heavy atom. The van der Waals surface area contributed by atoms with Gasteiger partial charge in [0.05, 0.1) is 0 Å². The van der Waals surface area contributed by atoms with E-state index in [1.54, 1.807) is 0 Å². The third-order valence-corrected chi connectivity index (χ3v) is 2.66. The van der Waals surface area contributed by atoms with Gasteiger partial charge in [-0.1, -0.05) is 19.3 Å². The number of carbonyl (C=O) groups is 2. The first kappa shape index (κ1) is 11.2. The zero-order valence-electron chi connectivity index (χ0n) is 8.37. The topological polar surface area (TPSA) is 46.2 Å². The molecule has 3 heteroatoms. The molecular weight excluding hydrogens is 178 g/mol. The van der Waals surface area contributed by atoms with E-state index >= 15 is 0 Å². The summed E-state index contributed by atoms with van der Waals surface area (Å²) in [6.45, 7) is 5.63. The predicted molar refractivity (Wildman–Crippen MR) is 53.4 cm³/mol. The first-order valence-electron chi connectivity index (χ1n) is 5.22. The lowest BCUT2D eigenvalue weighted by atomic mass is 9.88. The highest BCUT2D eigenvalue weighted by molar-refractivity contribution is 5.79. The van der Waals surface area contributed by atoms with Crippen molar-refractivity contribution in [3.8, 4) is 0 Å². The Labute approximate surface area is 85.3 Å². The maximum Gasteiger partial charge on any atom is 0.223 e.